The van der Waals surface area contributed by atoms with Gasteiger partial charge in [0.25, 0.3) is 0 Å². The Labute approximate surface area is 574 Å². The number of hydrogen-bond acceptors (Lipinski definition) is 18. The van der Waals surface area contributed by atoms with Gasteiger partial charge in [-0.3, -0.25) is 29.1 Å². The van der Waals surface area contributed by atoms with Crippen molar-refractivity contribution >= 4 is 36.2 Å². The molecule has 0 aliphatic carbocycles. The number of esters is 3. The topological polar surface area (TPSA) is 269 Å². The minimum atomic E-state index is -0.667. The Morgan fingerprint density at radius 2 is 0.604 bits per heavy atom. The van der Waals surface area contributed by atoms with Crippen LogP contribution in [0.15, 0.2) is 14.4 Å². The van der Waals surface area contributed by atoms with E-state index in [0.717, 1.165) is 130 Å². The number of unbranched alkanes of at least 4 members (excludes halogenated alkanes) is 18. The fraction of sp³-hybridized carbons (Fsp3) is 0.875. The third kappa shape index (κ3) is 32.5. The second-order valence-electron chi connectivity index (χ2n) is 29.7. The molecule has 3 saturated heterocycles. The molecule has 0 spiro atoms. The average Bonchev–Trinajstić information content (AvgIpc) is 1.31. The van der Waals surface area contributed by atoms with E-state index >= 15 is 0 Å². The van der Waals surface area contributed by atoms with E-state index in [-0.39, 0.29) is 57.4 Å². The third-order valence-electron chi connectivity index (χ3n) is 19.0. The molecule has 4 rings (SSSR count). The predicted octanol–water partition coefficient (Wildman–Crippen LogP) is 10.9. The Hall–Kier alpha value is -5.49. The van der Waals surface area contributed by atoms with Gasteiger partial charge in [-0.2, -0.15) is 0 Å². The summed E-state index contributed by atoms with van der Waals surface area (Å²) >= 11 is 0. The highest BCUT2D eigenvalue weighted by Gasteiger charge is 2.38. The summed E-state index contributed by atoms with van der Waals surface area (Å²) in [6.45, 7) is 29.3. The predicted molar refractivity (Wildman–Crippen MR) is 373 cm³/mol. The molecule has 3 N–H and O–H groups in total. The Kier molecular flexibility index (Phi) is 37.8. The van der Waals surface area contributed by atoms with Crippen LogP contribution in [0.4, 0.5) is 14.4 Å². The summed E-state index contributed by atoms with van der Waals surface area (Å²) in [4.78, 5) is 127. The van der Waals surface area contributed by atoms with Crippen LogP contribution in [-0.2, 0) is 62.4 Å². The van der Waals surface area contributed by atoms with Crippen LogP contribution in [0.25, 0.3) is 0 Å². The quantitative estimate of drug-likeness (QED) is 0.0237. The zero-order valence-electron chi connectivity index (χ0n) is 61.5. The first kappa shape index (κ1) is 82.9. The molecule has 1 aromatic heterocycles. The molecule has 3 aliphatic rings. The second kappa shape index (κ2) is 43.8. The maximum Gasteiger partial charge on any atom is 0.407 e. The van der Waals surface area contributed by atoms with E-state index in [0.29, 0.717) is 134 Å². The van der Waals surface area contributed by atoms with Gasteiger partial charge in [-0.1, -0.05) is 136 Å². The van der Waals surface area contributed by atoms with Gasteiger partial charge in [-0.05, 0) is 120 Å². The smallest absolute Gasteiger partial charge is 0.407 e. The fourth-order valence-corrected chi connectivity index (χ4v) is 11.8. The monoisotopic (exact) mass is 1360 g/mol. The van der Waals surface area contributed by atoms with E-state index in [2.05, 4.69) is 72.2 Å². The molecule has 0 radical (unpaired) electrons. The van der Waals surface area contributed by atoms with Crippen LogP contribution in [0, 0.1) is 16.2 Å². The first-order chi connectivity index (χ1) is 45.7. The van der Waals surface area contributed by atoms with Crippen LogP contribution in [0.2, 0.25) is 0 Å². The van der Waals surface area contributed by atoms with E-state index in [9.17, 15) is 43.2 Å². The summed E-state index contributed by atoms with van der Waals surface area (Å²) in [5.74, 6) is -0.905. The molecule has 0 bridgehead atoms. The van der Waals surface area contributed by atoms with Crippen molar-refractivity contribution in [3.05, 3.63) is 31.5 Å². The van der Waals surface area contributed by atoms with Gasteiger partial charge in [0.1, 0.15) is 19.8 Å². The molecule has 96 heavy (non-hydrogen) atoms. The molecule has 1 aromatic rings. The third-order valence-corrected chi connectivity index (χ3v) is 19.0. The van der Waals surface area contributed by atoms with Crippen molar-refractivity contribution in [1.29, 1.82) is 0 Å². The van der Waals surface area contributed by atoms with Gasteiger partial charge in [-0.15, -0.1) is 0 Å². The summed E-state index contributed by atoms with van der Waals surface area (Å²) in [6, 6.07) is 1.10. The number of nitrogens with one attached hydrogen (secondary N) is 3. The number of nitrogens with zero attached hydrogens (tertiary/aromatic N) is 6. The minimum absolute atomic E-state index is 0.0283. The highest BCUT2D eigenvalue weighted by molar-refractivity contribution is 5.77. The molecule has 9 atom stereocenters. The van der Waals surface area contributed by atoms with Crippen molar-refractivity contribution < 1.29 is 57.2 Å². The van der Waals surface area contributed by atoms with E-state index in [1.165, 1.54) is 0 Å². The summed E-state index contributed by atoms with van der Waals surface area (Å²) in [7, 11) is 0. The summed E-state index contributed by atoms with van der Waals surface area (Å²) < 4.78 is 37.9. The van der Waals surface area contributed by atoms with Crippen molar-refractivity contribution in [2.24, 2.45) is 16.2 Å². The molecular formula is C72H129N9O15. The Morgan fingerprint density at radius 3 is 0.833 bits per heavy atom. The van der Waals surface area contributed by atoms with Crippen LogP contribution >= 0.6 is 0 Å². The highest BCUT2D eigenvalue weighted by Crippen LogP contribution is 2.29. The molecule has 0 saturated carbocycles. The van der Waals surface area contributed by atoms with Gasteiger partial charge < -0.3 is 44.4 Å². The molecule has 3 fully saturated rings. The molecular weight excluding hydrogens is 1230 g/mol. The standard InChI is InChI=1S/C72H129N9O15/c1-13-16-19-28-37-70(7,8)61(82)91-52-58(49-76-46-55(76)4)94-64(85)73-40-31-22-25-34-43-79-67(88)80(44-35-26-23-32-41-74-65(86)95-59(50-77-47-56(77)5)53-92-62(83)71(9,10)38-29-20-17-14-2)69(90)81(68(79)89)45-36-27-24-33-42-75-66(87)96-60(51-78-48-57(78)6)54-93-63(84)72(11,12)39-30-21-18-15-3/h55-60H,13-54H2,1-12H3,(H,73,85)(H,74,86)(H,75,87). The number of ether oxygens (including phenoxy) is 6. The van der Waals surface area contributed by atoms with E-state index in [1.807, 2.05) is 41.5 Å². The summed E-state index contributed by atoms with van der Waals surface area (Å²) in [6.07, 6.45) is 18.4. The Morgan fingerprint density at radius 1 is 0.375 bits per heavy atom. The molecule has 4 heterocycles. The lowest BCUT2D eigenvalue weighted by Crippen LogP contribution is -2.54. The molecule has 9 unspecified atom stereocenters. The number of alkyl carbamates (subject to hydrolysis) is 3. The first-order valence-corrected chi connectivity index (χ1v) is 37.2. The summed E-state index contributed by atoms with van der Waals surface area (Å²) in [5, 5.41) is 8.48. The zero-order valence-corrected chi connectivity index (χ0v) is 61.5. The number of carbonyl (C=O) groups excluding carboxylic acids is 6. The number of aromatic nitrogens is 3. The van der Waals surface area contributed by atoms with Crippen LogP contribution in [0.3, 0.4) is 0 Å². The first-order valence-electron chi connectivity index (χ1n) is 37.2. The van der Waals surface area contributed by atoms with Crippen LogP contribution in [0.5, 0.6) is 0 Å². The molecule has 24 heteroatoms. The fourth-order valence-electron chi connectivity index (χ4n) is 11.8. The molecule has 0 aromatic carbocycles. The van der Waals surface area contributed by atoms with Gasteiger partial charge in [0.05, 0.1) is 16.2 Å². The summed E-state index contributed by atoms with van der Waals surface area (Å²) in [5.41, 5.74) is -3.92. The number of carbonyl (C=O) groups is 6. The Balaban J connectivity index is 1.29. The lowest BCUT2D eigenvalue weighted by Gasteiger charge is -2.25. The average molecular weight is 1360 g/mol. The van der Waals surface area contributed by atoms with Crippen molar-refractivity contribution in [2.45, 2.75) is 313 Å². The normalized spacial score (nSPS) is 19.1. The molecule has 3 aliphatic heterocycles. The maximum atomic E-state index is 14.1. The van der Waals surface area contributed by atoms with E-state index in [1.54, 1.807) is 0 Å². The molecule has 3 amide bonds. The maximum absolute atomic E-state index is 14.1. The molecule has 24 nitrogen and oxygen atoms in total. The van der Waals surface area contributed by atoms with Gasteiger partial charge in [-0.25, -0.2) is 42.5 Å². The van der Waals surface area contributed by atoms with Crippen molar-refractivity contribution in [3.63, 3.8) is 0 Å². The van der Waals surface area contributed by atoms with Gasteiger partial charge in [0.15, 0.2) is 18.3 Å². The number of amides is 3. The van der Waals surface area contributed by atoms with Gasteiger partial charge >= 0.3 is 53.3 Å². The number of rotatable bonds is 54. The lowest BCUT2D eigenvalue weighted by atomic mass is 9.87. The van der Waals surface area contributed by atoms with Crippen molar-refractivity contribution in [1.82, 2.24) is 44.4 Å². The van der Waals surface area contributed by atoms with Crippen LogP contribution in [-0.4, -0.2) is 180 Å². The lowest BCUT2D eigenvalue weighted by molar-refractivity contribution is -0.158. The number of hydrogen-bond donors (Lipinski definition) is 3. The zero-order chi connectivity index (χ0) is 70.7. The molecule has 552 valence electrons. The SMILES string of the molecule is CCCCCCC(C)(C)C(=O)OCC(CN1CC1C)OC(=O)NCCCCCCn1c(=O)n(CCCCCCNC(=O)OC(COC(=O)C(C)(C)CCCCCC)CN2CC2C)c(=O)n(CCCCCCNC(=O)OC(COC(=O)C(C)(C)CCCCCC)CN2CC2C)c1=O. The van der Waals surface area contributed by atoms with Crippen LogP contribution in [0.1, 0.15) is 256 Å². The highest BCUT2D eigenvalue weighted by atomic mass is 16.6. The Bertz CT molecular complexity index is 2360. The van der Waals surface area contributed by atoms with Crippen molar-refractivity contribution in [2.75, 3.05) is 78.7 Å². The van der Waals surface area contributed by atoms with Crippen LogP contribution < -0.4 is 33.0 Å². The van der Waals surface area contributed by atoms with E-state index in [4.69, 9.17) is 28.4 Å². The second-order valence-corrected chi connectivity index (χ2v) is 29.7. The van der Waals surface area contributed by atoms with E-state index < -0.39 is 69.9 Å². The van der Waals surface area contributed by atoms with Crippen molar-refractivity contribution in [3.8, 4) is 0 Å². The minimum Gasteiger partial charge on any atom is -0.461 e. The van der Waals surface area contributed by atoms with Gasteiger partial charge in [0.2, 0.25) is 0 Å². The largest absolute Gasteiger partial charge is 0.461 e. The van der Waals surface area contributed by atoms with Gasteiger partial charge in [0, 0.05) is 96.7 Å².